The lowest BCUT2D eigenvalue weighted by Crippen LogP contribution is -1.99. The maximum atomic E-state index is 9.25. The molecule has 2 heterocycles. The van der Waals surface area contributed by atoms with Gasteiger partial charge in [-0.25, -0.2) is 9.97 Å². The van der Waals surface area contributed by atoms with Gasteiger partial charge in [0.05, 0.1) is 0 Å². The van der Waals surface area contributed by atoms with Crippen molar-refractivity contribution in [2.45, 2.75) is 0 Å². The predicted octanol–water partition coefficient (Wildman–Crippen LogP) is 3.57. The predicted molar refractivity (Wildman–Crippen MR) is 92.1 cm³/mol. The van der Waals surface area contributed by atoms with E-state index in [9.17, 15) is 10.5 Å². The standard InChI is InChI=1S/C18H4N8/c1-21-17-18(22-2)26-16-14(25-17)10-6-4-3-5-9(10)13-15(16)24-12(8-20)11(7-19)23-13/h3-6H. The van der Waals surface area contributed by atoms with Crippen LogP contribution in [0.15, 0.2) is 24.3 Å². The number of hydrogen-bond donors (Lipinski definition) is 0. The van der Waals surface area contributed by atoms with Crippen LogP contribution in [-0.4, -0.2) is 19.9 Å². The summed E-state index contributed by atoms with van der Waals surface area (Å²) in [6.45, 7) is 14.4. The summed E-state index contributed by atoms with van der Waals surface area (Å²) in [5, 5.41) is 19.8. The monoisotopic (exact) mass is 332 g/mol. The second-order valence-electron chi connectivity index (χ2n) is 5.18. The molecule has 116 valence electrons. The quantitative estimate of drug-likeness (QED) is 0.360. The Morgan fingerprint density at radius 1 is 0.692 bits per heavy atom. The largest absolute Gasteiger partial charge is 0.370 e. The van der Waals surface area contributed by atoms with Crippen LogP contribution in [0, 0.1) is 35.8 Å². The number of aromatic nitrogens is 4. The zero-order chi connectivity index (χ0) is 18.3. The van der Waals surface area contributed by atoms with E-state index in [4.69, 9.17) is 13.1 Å². The Balaban J connectivity index is 2.38. The highest BCUT2D eigenvalue weighted by atomic mass is 15.0. The van der Waals surface area contributed by atoms with Crippen LogP contribution < -0.4 is 0 Å². The molecule has 4 aromatic rings. The van der Waals surface area contributed by atoms with E-state index >= 15 is 0 Å². The number of hydrogen-bond acceptors (Lipinski definition) is 6. The second kappa shape index (κ2) is 5.46. The summed E-state index contributed by atoms with van der Waals surface area (Å²) in [6, 6.07) is 10.9. The molecule has 4 rings (SSSR count). The first-order valence-electron chi connectivity index (χ1n) is 7.21. The molecule has 0 atom stereocenters. The summed E-state index contributed by atoms with van der Waals surface area (Å²) in [5.41, 5.74) is 1.12. The van der Waals surface area contributed by atoms with E-state index in [1.807, 2.05) is 12.1 Å². The Morgan fingerprint density at radius 3 is 1.62 bits per heavy atom. The summed E-state index contributed by atoms with van der Waals surface area (Å²) >= 11 is 0. The molecule has 0 aliphatic carbocycles. The molecule has 8 nitrogen and oxygen atoms in total. The van der Waals surface area contributed by atoms with E-state index in [-0.39, 0.29) is 34.1 Å². The van der Waals surface area contributed by atoms with Crippen molar-refractivity contribution in [3.63, 3.8) is 0 Å². The van der Waals surface area contributed by atoms with Gasteiger partial charge in [0.25, 0.3) is 11.6 Å². The zero-order valence-electron chi connectivity index (χ0n) is 12.9. The first kappa shape index (κ1) is 14.9. The summed E-state index contributed by atoms with van der Waals surface area (Å²) in [5.74, 6) is -0.243. The molecule has 0 aliphatic heterocycles. The molecule has 0 saturated heterocycles. The molecule has 8 heteroatoms. The van der Waals surface area contributed by atoms with Crippen molar-refractivity contribution in [3.05, 3.63) is 58.5 Å². The van der Waals surface area contributed by atoms with Crippen molar-refractivity contribution < 1.29 is 0 Å². The first-order chi connectivity index (χ1) is 12.7. The third-order valence-corrected chi connectivity index (χ3v) is 3.84. The Bertz CT molecular complexity index is 1310. The van der Waals surface area contributed by atoms with Crippen molar-refractivity contribution >= 4 is 44.5 Å². The van der Waals surface area contributed by atoms with Gasteiger partial charge in [-0.3, -0.25) is 0 Å². The maximum absolute atomic E-state index is 9.25. The summed E-state index contributed by atoms with van der Waals surface area (Å²) in [7, 11) is 0. The highest BCUT2D eigenvalue weighted by Crippen LogP contribution is 2.35. The number of nitriles is 2. The minimum atomic E-state index is -0.145. The molecule has 26 heavy (non-hydrogen) atoms. The summed E-state index contributed by atoms with van der Waals surface area (Å²) in [4.78, 5) is 23.6. The molecule has 0 radical (unpaired) electrons. The fraction of sp³-hybridized carbons (Fsp3) is 0. The van der Waals surface area contributed by atoms with Crippen molar-refractivity contribution in [1.82, 2.24) is 19.9 Å². The number of fused-ring (bicyclic) bond motifs is 6. The molecule has 0 saturated carbocycles. The van der Waals surface area contributed by atoms with E-state index in [1.165, 1.54) is 0 Å². The van der Waals surface area contributed by atoms with Crippen LogP contribution in [0.2, 0.25) is 0 Å². The van der Waals surface area contributed by atoms with E-state index in [0.29, 0.717) is 21.8 Å². The number of rotatable bonds is 0. The lowest BCUT2D eigenvalue weighted by Gasteiger charge is -2.06. The van der Waals surface area contributed by atoms with Gasteiger partial charge in [0, 0.05) is 10.8 Å². The fourth-order valence-corrected chi connectivity index (χ4v) is 2.76. The molecule has 2 aromatic heterocycles. The molecule has 0 unspecified atom stereocenters. The average molecular weight is 332 g/mol. The first-order valence-corrected chi connectivity index (χ1v) is 7.21. The third-order valence-electron chi connectivity index (χ3n) is 3.84. The molecule has 0 aliphatic rings. The molecule has 0 amide bonds. The highest BCUT2D eigenvalue weighted by Gasteiger charge is 2.23. The SMILES string of the molecule is [C-]#[N+]c1nc2c3ccccc3c3nc(C#N)c(C#N)nc3c2nc1[N+]#[C-]. The van der Waals surface area contributed by atoms with Gasteiger partial charge in [-0.05, 0) is 6.07 Å². The van der Waals surface area contributed by atoms with Crippen molar-refractivity contribution in [2.24, 2.45) is 0 Å². The van der Waals surface area contributed by atoms with Gasteiger partial charge in [0.15, 0.2) is 11.4 Å². The average Bonchev–Trinajstić information content (AvgIpc) is 2.71. The topological polar surface area (TPSA) is 108 Å². The second-order valence-corrected chi connectivity index (χ2v) is 5.18. The molecular formula is C18H4N8. The van der Waals surface area contributed by atoms with Crippen LogP contribution in [-0.2, 0) is 0 Å². The van der Waals surface area contributed by atoms with Gasteiger partial charge >= 0.3 is 0 Å². The lowest BCUT2D eigenvalue weighted by molar-refractivity contribution is 1.20. The Labute approximate surface area is 146 Å². The Morgan fingerprint density at radius 2 is 1.12 bits per heavy atom. The normalized spacial score (nSPS) is 10.2. The number of benzene rings is 2. The van der Waals surface area contributed by atoms with Crippen LogP contribution in [0.3, 0.4) is 0 Å². The van der Waals surface area contributed by atoms with Gasteiger partial charge in [-0.2, -0.15) is 10.5 Å². The van der Waals surface area contributed by atoms with Gasteiger partial charge in [0.2, 0.25) is 11.0 Å². The minimum absolute atomic E-state index is 0.0827. The summed E-state index contributed by atoms with van der Waals surface area (Å²) in [6.07, 6.45) is 0. The Hall–Kier alpha value is -4.66. The lowest BCUT2D eigenvalue weighted by atomic mass is 10.1. The minimum Gasteiger partial charge on any atom is -0.370 e. The van der Waals surface area contributed by atoms with Crippen LogP contribution in [0.25, 0.3) is 42.5 Å². The number of nitrogens with zero attached hydrogens (tertiary/aromatic N) is 8. The molecule has 0 spiro atoms. The zero-order valence-corrected chi connectivity index (χ0v) is 12.9. The third kappa shape index (κ3) is 1.91. The molecule has 0 N–H and O–H groups in total. The van der Waals surface area contributed by atoms with Crippen LogP contribution in [0.4, 0.5) is 11.6 Å². The smallest absolute Gasteiger partial charge is 0.294 e. The van der Waals surface area contributed by atoms with Gasteiger partial charge in [0.1, 0.15) is 23.2 Å². The fourth-order valence-electron chi connectivity index (χ4n) is 2.76. The summed E-state index contributed by atoms with van der Waals surface area (Å²) < 4.78 is 0. The van der Waals surface area contributed by atoms with Gasteiger partial charge in [-0.15, -0.1) is 9.97 Å². The Kier molecular flexibility index (Phi) is 3.13. The van der Waals surface area contributed by atoms with E-state index in [2.05, 4.69) is 29.6 Å². The molecular weight excluding hydrogens is 328 g/mol. The highest BCUT2D eigenvalue weighted by molar-refractivity contribution is 6.21. The molecule has 0 fully saturated rings. The van der Waals surface area contributed by atoms with Crippen LogP contribution in [0.1, 0.15) is 11.4 Å². The molecule has 2 aromatic carbocycles. The maximum Gasteiger partial charge on any atom is 0.294 e. The van der Waals surface area contributed by atoms with Crippen LogP contribution >= 0.6 is 0 Å². The van der Waals surface area contributed by atoms with E-state index in [1.54, 1.807) is 24.3 Å². The van der Waals surface area contributed by atoms with Crippen LogP contribution in [0.5, 0.6) is 0 Å². The van der Waals surface area contributed by atoms with Gasteiger partial charge in [-0.1, -0.05) is 31.3 Å². The van der Waals surface area contributed by atoms with Gasteiger partial charge < -0.3 is 9.69 Å². The van der Waals surface area contributed by atoms with Crippen molar-refractivity contribution in [1.29, 1.82) is 10.5 Å². The van der Waals surface area contributed by atoms with E-state index in [0.717, 1.165) is 0 Å². The van der Waals surface area contributed by atoms with E-state index < -0.39 is 0 Å². The van der Waals surface area contributed by atoms with Crippen molar-refractivity contribution in [3.8, 4) is 12.1 Å². The molecule has 0 bridgehead atoms. The van der Waals surface area contributed by atoms with Crippen molar-refractivity contribution in [2.75, 3.05) is 0 Å².